The monoisotopic (exact) mass is 394 g/mol. The Bertz CT molecular complexity index is 1000. The molecular formula is C23H26N2O4. The van der Waals surface area contributed by atoms with Gasteiger partial charge in [0.05, 0.1) is 6.10 Å². The molecule has 2 heterocycles. The molecule has 29 heavy (non-hydrogen) atoms. The van der Waals surface area contributed by atoms with Crippen LogP contribution in [0.4, 0.5) is 0 Å². The summed E-state index contributed by atoms with van der Waals surface area (Å²) in [7, 11) is 0. The molecule has 0 saturated carbocycles. The number of fused-ring (bicyclic) bond motifs is 1. The number of rotatable bonds is 4. The van der Waals surface area contributed by atoms with Crippen LogP contribution in [0.5, 0.6) is 0 Å². The topological polar surface area (TPSA) is 77.4 Å². The Morgan fingerprint density at radius 3 is 2.66 bits per heavy atom. The third-order valence-corrected chi connectivity index (χ3v) is 5.69. The number of nitrogens with one attached hydrogen (secondary N) is 1. The van der Waals surface area contributed by atoms with Crippen LogP contribution in [-0.4, -0.2) is 35.5 Å². The summed E-state index contributed by atoms with van der Waals surface area (Å²) in [6, 6.07) is 9.08. The second-order valence-corrected chi connectivity index (χ2v) is 8.69. The Hall–Kier alpha value is -2.73. The fraction of sp³-hybridized carbons (Fsp3) is 0.435. The normalized spacial score (nSPS) is 20.3. The lowest BCUT2D eigenvalue weighted by molar-refractivity contribution is 0.0853. The number of pyridine rings is 1. The van der Waals surface area contributed by atoms with Gasteiger partial charge in [0.25, 0.3) is 11.5 Å². The van der Waals surface area contributed by atoms with Crippen molar-refractivity contribution in [2.24, 2.45) is 5.41 Å². The van der Waals surface area contributed by atoms with Gasteiger partial charge in [0.1, 0.15) is 5.56 Å². The molecule has 0 unspecified atom stereocenters. The van der Waals surface area contributed by atoms with Gasteiger partial charge in [-0.1, -0.05) is 32.0 Å². The highest BCUT2D eigenvalue weighted by Gasteiger charge is 2.36. The van der Waals surface area contributed by atoms with E-state index in [9.17, 15) is 14.4 Å². The molecule has 1 amide bonds. The molecule has 2 aromatic rings. The molecule has 6 heteroatoms. The van der Waals surface area contributed by atoms with Gasteiger partial charge >= 0.3 is 0 Å². The van der Waals surface area contributed by atoms with Gasteiger partial charge in [-0.3, -0.25) is 19.0 Å². The van der Waals surface area contributed by atoms with Crippen LogP contribution in [0.1, 0.15) is 59.4 Å². The van der Waals surface area contributed by atoms with E-state index in [0.29, 0.717) is 42.8 Å². The number of Topliss-reactive ketones (excluding diaryl/α,β-unsaturated/α-hetero) is 1. The van der Waals surface area contributed by atoms with Crippen molar-refractivity contribution in [3.8, 4) is 5.69 Å². The van der Waals surface area contributed by atoms with Crippen molar-refractivity contribution >= 4 is 11.7 Å². The summed E-state index contributed by atoms with van der Waals surface area (Å²) >= 11 is 0. The Morgan fingerprint density at radius 1 is 1.21 bits per heavy atom. The van der Waals surface area contributed by atoms with Crippen molar-refractivity contribution in [1.29, 1.82) is 0 Å². The largest absolute Gasteiger partial charge is 0.376 e. The fourth-order valence-corrected chi connectivity index (χ4v) is 4.26. The van der Waals surface area contributed by atoms with Crippen LogP contribution in [0.2, 0.25) is 0 Å². The van der Waals surface area contributed by atoms with E-state index in [-0.39, 0.29) is 22.9 Å². The highest BCUT2D eigenvalue weighted by atomic mass is 16.5. The quantitative estimate of drug-likeness (QED) is 0.865. The van der Waals surface area contributed by atoms with Gasteiger partial charge in [0.15, 0.2) is 5.78 Å². The van der Waals surface area contributed by atoms with E-state index in [0.717, 1.165) is 12.8 Å². The Labute approximate surface area is 169 Å². The number of ether oxygens (including phenoxy) is 1. The minimum Gasteiger partial charge on any atom is -0.376 e. The van der Waals surface area contributed by atoms with E-state index in [4.69, 9.17) is 4.74 Å². The third-order valence-electron chi connectivity index (χ3n) is 5.69. The zero-order valence-electron chi connectivity index (χ0n) is 16.9. The first-order valence-electron chi connectivity index (χ1n) is 10.1. The second-order valence-electron chi connectivity index (χ2n) is 8.69. The average Bonchev–Trinajstić information content (AvgIpc) is 3.19. The Morgan fingerprint density at radius 2 is 1.97 bits per heavy atom. The number of carbonyl (C=O) groups is 2. The Kier molecular flexibility index (Phi) is 5.13. The SMILES string of the molecule is CC1(C)CC(=O)c2cn(-c3ccccc3)c(=O)c(C(=O)NC[C@@H]3CCCO3)c2C1. The number of benzene rings is 1. The summed E-state index contributed by atoms with van der Waals surface area (Å²) < 4.78 is 6.99. The van der Waals surface area contributed by atoms with E-state index >= 15 is 0 Å². The summed E-state index contributed by atoms with van der Waals surface area (Å²) in [4.78, 5) is 39.3. The van der Waals surface area contributed by atoms with Crippen molar-refractivity contribution in [1.82, 2.24) is 9.88 Å². The molecule has 4 rings (SSSR count). The van der Waals surface area contributed by atoms with Gasteiger partial charge in [0, 0.05) is 37.0 Å². The molecule has 1 aromatic carbocycles. The zero-order chi connectivity index (χ0) is 20.6. The summed E-state index contributed by atoms with van der Waals surface area (Å²) in [6.45, 7) is 5.05. The van der Waals surface area contributed by atoms with E-state index in [2.05, 4.69) is 5.32 Å². The van der Waals surface area contributed by atoms with Crippen LogP contribution in [-0.2, 0) is 11.2 Å². The highest BCUT2D eigenvalue weighted by molar-refractivity contribution is 6.04. The molecule has 0 spiro atoms. The first-order valence-corrected chi connectivity index (χ1v) is 10.1. The molecular weight excluding hydrogens is 368 g/mol. The van der Waals surface area contributed by atoms with Crippen LogP contribution in [0.25, 0.3) is 5.69 Å². The lowest BCUT2D eigenvalue weighted by atomic mass is 9.73. The third kappa shape index (κ3) is 3.90. The number of nitrogens with zero attached hydrogens (tertiary/aromatic N) is 1. The molecule has 2 aliphatic rings. The highest BCUT2D eigenvalue weighted by Crippen LogP contribution is 2.35. The lowest BCUT2D eigenvalue weighted by Crippen LogP contribution is -2.40. The zero-order valence-corrected chi connectivity index (χ0v) is 16.9. The standard InChI is InChI=1S/C23H26N2O4/c1-23(2)11-17-18(19(26)12-23)14-25(15-7-4-3-5-8-15)22(28)20(17)21(27)24-13-16-9-6-10-29-16/h3-5,7-8,14,16H,6,9-13H2,1-2H3,(H,24,27)/t16-/m0/s1. The van der Waals surface area contributed by atoms with Crippen LogP contribution in [0.15, 0.2) is 41.3 Å². The van der Waals surface area contributed by atoms with Gasteiger partial charge in [-0.15, -0.1) is 0 Å². The predicted octanol–water partition coefficient (Wildman–Crippen LogP) is 2.90. The van der Waals surface area contributed by atoms with E-state index in [1.165, 1.54) is 4.57 Å². The van der Waals surface area contributed by atoms with Crippen molar-refractivity contribution < 1.29 is 14.3 Å². The molecule has 1 saturated heterocycles. The molecule has 1 fully saturated rings. The number of ketones is 1. The van der Waals surface area contributed by atoms with E-state index < -0.39 is 11.5 Å². The molecule has 6 nitrogen and oxygen atoms in total. The Balaban J connectivity index is 1.80. The first kappa shape index (κ1) is 19.6. The summed E-state index contributed by atoms with van der Waals surface area (Å²) in [5.41, 5.74) is 1.05. The smallest absolute Gasteiger partial charge is 0.268 e. The first-order chi connectivity index (χ1) is 13.9. The van der Waals surface area contributed by atoms with E-state index in [1.54, 1.807) is 18.3 Å². The van der Waals surface area contributed by atoms with Crippen LogP contribution >= 0.6 is 0 Å². The maximum atomic E-state index is 13.4. The summed E-state index contributed by atoms with van der Waals surface area (Å²) in [5.74, 6) is -0.466. The molecule has 1 N–H and O–H groups in total. The molecule has 1 aliphatic heterocycles. The number of aromatic nitrogens is 1. The molecule has 152 valence electrons. The second kappa shape index (κ2) is 7.59. The molecule has 1 atom stereocenters. The maximum Gasteiger partial charge on any atom is 0.268 e. The van der Waals surface area contributed by atoms with Crippen molar-refractivity contribution in [2.75, 3.05) is 13.2 Å². The van der Waals surface area contributed by atoms with Crippen molar-refractivity contribution in [3.05, 3.63) is 63.6 Å². The number of hydrogen-bond acceptors (Lipinski definition) is 4. The predicted molar refractivity (Wildman–Crippen MR) is 110 cm³/mol. The molecule has 1 aliphatic carbocycles. The lowest BCUT2D eigenvalue weighted by Gasteiger charge is -2.31. The average molecular weight is 394 g/mol. The number of carbonyl (C=O) groups excluding carboxylic acids is 2. The van der Waals surface area contributed by atoms with Gasteiger partial charge in [-0.2, -0.15) is 0 Å². The summed E-state index contributed by atoms with van der Waals surface area (Å²) in [5, 5.41) is 2.86. The molecule has 0 bridgehead atoms. The fourth-order valence-electron chi connectivity index (χ4n) is 4.26. The van der Waals surface area contributed by atoms with Crippen LogP contribution in [0.3, 0.4) is 0 Å². The maximum absolute atomic E-state index is 13.4. The summed E-state index contributed by atoms with van der Waals surface area (Å²) in [6.07, 6.45) is 4.36. The number of hydrogen-bond donors (Lipinski definition) is 1. The minimum absolute atomic E-state index is 0.0205. The van der Waals surface area contributed by atoms with Gasteiger partial charge in [-0.25, -0.2) is 0 Å². The molecule has 1 aromatic heterocycles. The van der Waals surface area contributed by atoms with Crippen LogP contribution in [0, 0.1) is 5.41 Å². The molecule has 0 radical (unpaired) electrons. The minimum atomic E-state index is -0.433. The van der Waals surface area contributed by atoms with Crippen LogP contribution < -0.4 is 10.9 Å². The van der Waals surface area contributed by atoms with Gasteiger partial charge < -0.3 is 10.1 Å². The van der Waals surface area contributed by atoms with Gasteiger partial charge in [0.2, 0.25) is 0 Å². The van der Waals surface area contributed by atoms with Crippen molar-refractivity contribution in [3.63, 3.8) is 0 Å². The van der Waals surface area contributed by atoms with Crippen molar-refractivity contribution in [2.45, 2.75) is 45.6 Å². The number of para-hydroxylation sites is 1. The van der Waals surface area contributed by atoms with Gasteiger partial charge in [-0.05, 0) is 42.4 Å². The number of amides is 1. The van der Waals surface area contributed by atoms with E-state index in [1.807, 2.05) is 32.0 Å².